The lowest BCUT2D eigenvalue weighted by atomic mass is 10.1. The fourth-order valence-corrected chi connectivity index (χ4v) is 3.42. The Morgan fingerprint density at radius 3 is 2.44 bits per heavy atom. The van der Waals surface area contributed by atoms with Crippen LogP contribution in [0.15, 0.2) is 42.5 Å². The van der Waals surface area contributed by atoms with E-state index in [0.717, 1.165) is 55.3 Å². The standard InChI is InChI=1S/C22H28N2O3/c1-17-11-18(2)13-21(12-17)27-16-22(25)23-14-19-5-3-4-6-20(19)15-24-7-9-26-10-8-24/h3-6,11-13H,7-10,14-16H2,1-2H3,(H,23,25)/p+1. The number of benzene rings is 2. The van der Waals surface area contributed by atoms with Crippen molar-refractivity contribution in [2.24, 2.45) is 0 Å². The SMILES string of the molecule is Cc1cc(C)cc(OCC(=O)NCc2ccccc2C[NH+]2CCOCC2)c1. The van der Waals surface area contributed by atoms with E-state index in [4.69, 9.17) is 9.47 Å². The predicted octanol–water partition coefficient (Wildman–Crippen LogP) is 1.41. The van der Waals surface area contributed by atoms with Crippen molar-refractivity contribution in [3.05, 3.63) is 64.7 Å². The molecule has 1 amide bonds. The number of carbonyl (C=O) groups excluding carboxylic acids is 1. The Morgan fingerprint density at radius 2 is 1.74 bits per heavy atom. The number of nitrogens with one attached hydrogen (secondary N) is 2. The molecule has 2 N–H and O–H groups in total. The number of rotatable bonds is 7. The number of amides is 1. The molecule has 5 heteroatoms. The molecular weight excluding hydrogens is 340 g/mol. The van der Waals surface area contributed by atoms with Crippen LogP contribution in [-0.4, -0.2) is 38.8 Å². The smallest absolute Gasteiger partial charge is 0.258 e. The first-order chi connectivity index (χ1) is 13.1. The Hall–Kier alpha value is -2.37. The van der Waals surface area contributed by atoms with Gasteiger partial charge < -0.3 is 19.7 Å². The zero-order valence-electron chi connectivity index (χ0n) is 16.2. The van der Waals surface area contributed by atoms with Crippen LogP contribution < -0.4 is 15.0 Å². The molecule has 2 aromatic rings. The zero-order valence-corrected chi connectivity index (χ0v) is 16.2. The van der Waals surface area contributed by atoms with E-state index >= 15 is 0 Å². The van der Waals surface area contributed by atoms with Crippen molar-refractivity contribution in [2.45, 2.75) is 26.9 Å². The molecule has 3 rings (SSSR count). The molecule has 0 atom stereocenters. The van der Waals surface area contributed by atoms with E-state index in [1.165, 1.54) is 10.5 Å². The highest BCUT2D eigenvalue weighted by atomic mass is 16.5. The summed E-state index contributed by atoms with van der Waals surface area (Å²) in [5.74, 6) is 0.627. The van der Waals surface area contributed by atoms with E-state index in [1.54, 1.807) is 0 Å². The quantitative estimate of drug-likeness (QED) is 0.776. The maximum absolute atomic E-state index is 12.2. The summed E-state index contributed by atoms with van der Waals surface area (Å²) in [6.07, 6.45) is 0. The van der Waals surface area contributed by atoms with Crippen molar-refractivity contribution in [2.75, 3.05) is 32.9 Å². The minimum Gasteiger partial charge on any atom is -0.484 e. The third-order valence-electron chi connectivity index (χ3n) is 4.80. The minimum absolute atomic E-state index is 0.0276. The van der Waals surface area contributed by atoms with E-state index in [1.807, 2.05) is 32.0 Å². The number of morpholine rings is 1. The van der Waals surface area contributed by atoms with Gasteiger partial charge in [-0.1, -0.05) is 30.3 Å². The molecule has 144 valence electrons. The summed E-state index contributed by atoms with van der Waals surface area (Å²) in [5, 5.41) is 2.98. The molecular formula is C22H29N2O3+. The Bertz CT molecular complexity index is 750. The van der Waals surface area contributed by atoms with Crippen molar-refractivity contribution >= 4 is 5.91 Å². The van der Waals surface area contributed by atoms with E-state index in [-0.39, 0.29) is 12.5 Å². The van der Waals surface area contributed by atoms with Crippen molar-refractivity contribution in [1.82, 2.24) is 5.32 Å². The average Bonchev–Trinajstić information content (AvgIpc) is 2.66. The van der Waals surface area contributed by atoms with E-state index in [0.29, 0.717) is 6.54 Å². The molecule has 0 radical (unpaired) electrons. The van der Waals surface area contributed by atoms with Crippen LogP contribution >= 0.6 is 0 Å². The molecule has 0 aliphatic carbocycles. The third kappa shape index (κ3) is 6.08. The first kappa shape index (κ1) is 19.4. The Morgan fingerprint density at radius 1 is 1.07 bits per heavy atom. The molecule has 1 aliphatic heterocycles. The zero-order chi connectivity index (χ0) is 19.1. The first-order valence-corrected chi connectivity index (χ1v) is 9.56. The van der Waals surface area contributed by atoms with Crippen molar-refractivity contribution in [3.8, 4) is 5.75 Å². The number of ether oxygens (including phenoxy) is 2. The summed E-state index contributed by atoms with van der Waals surface area (Å²) in [6, 6.07) is 14.3. The predicted molar refractivity (Wildman–Crippen MR) is 105 cm³/mol. The van der Waals surface area contributed by atoms with Gasteiger partial charge in [-0.3, -0.25) is 4.79 Å². The Kier molecular flexibility index (Phi) is 6.85. The lowest BCUT2D eigenvalue weighted by Gasteiger charge is -2.24. The number of hydrogen-bond donors (Lipinski definition) is 2. The molecule has 1 heterocycles. The topological polar surface area (TPSA) is 52.0 Å². The monoisotopic (exact) mass is 369 g/mol. The number of hydrogen-bond acceptors (Lipinski definition) is 3. The molecule has 0 unspecified atom stereocenters. The minimum atomic E-state index is -0.109. The summed E-state index contributed by atoms with van der Waals surface area (Å²) in [4.78, 5) is 13.7. The first-order valence-electron chi connectivity index (χ1n) is 9.56. The maximum Gasteiger partial charge on any atom is 0.258 e. The van der Waals surface area contributed by atoms with Gasteiger partial charge in [0.1, 0.15) is 25.4 Å². The molecule has 1 saturated heterocycles. The van der Waals surface area contributed by atoms with Crippen LogP contribution in [0.5, 0.6) is 5.75 Å². The number of quaternary nitrogens is 1. The Balaban J connectivity index is 1.51. The van der Waals surface area contributed by atoms with Gasteiger partial charge in [-0.05, 0) is 42.7 Å². The van der Waals surface area contributed by atoms with E-state index < -0.39 is 0 Å². The molecule has 27 heavy (non-hydrogen) atoms. The summed E-state index contributed by atoms with van der Waals surface area (Å²) < 4.78 is 11.1. The molecule has 5 nitrogen and oxygen atoms in total. The number of aryl methyl sites for hydroxylation is 2. The van der Waals surface area contributed by atoms with Gasteiger partial charge in [-0.15, -0.1) is 0 Å². The van der Waals surface area contributed by atoms with Crippen LogP contribution in [0.3, 0.4) is 0 Å². The van der Waals surface area contributed by atoms with Crippen LogP contribution in [0.2, 0.25) is 0 Å². The highest BCUT2D eigenvalue weighted by Gasteiger charge is 2.16. The summed E-state index contributed by atoms with van der Waals surface area (Å²) in [5.41, 5.74) is 4.70. The molecule has 0 bridgehead atoms. The van der Waals surface area contributed by atoms with Crippen LogP contribution in [0.1, 0.15) is 22.3 Å². The van der Waals surface area contributed by atoms with Gasteiger partial charge in [-0.2, -0.15) is 0 Å². The fraction of sp³-hybridized carbons (Fsp3) is 0.409. The second kappa shape index (κ2) is 9.53. The second-order valence-corrected chi connectivity index (χ2v) is 7.20. The third-order valence-corrected chi connectivity index (χ3v) is 4.80. The molecule has 0 spiro atoms. The van der Waals surface area contributed by atoms with Gasteiger partial charge in [0.15, 0.2) is 6.61 Å². The van der Waals surface area contributed by atoms with Gasteiger partial charge in [0.2, 0.25) is 0 Å². The van der Waals surface area contributed by atoms with Gasteiger partial charge in [0.25, 0.3) is 5.91 Å². The van der Waals surface area contributed by atoms with Crippen molar-refractivity contribution < 1.29 is 19.2 Å². The summed E-state index contributed by atoms with van der Waals surface area (Å²) in [6.45, 7) is 9.27. The summed E-state index contributed by atoms with van der Waals surface area (Å²) >= 11 is 0. The molecule has 0 saturated carbocycles. The molecule has 2 aromatic carbocycles. The van der Waals surface area contributed by atoms with E-state index in [2.05, 4.69) is 29.6 Å². The van der Waals surface area contributed by atoms with Gasteiger partial charge in [-0.25, -0.2) is 0 Å². The second-order valence-electron chi connectivity index (χ2n) is 7.20. The largest absolute Gasteiger partial charge is 0.484 e. The van der Waals surface area contributed by atoms with Gasteiger partial charge in [0, 0.05) is 12.1 Å². The highest BCUT2D eigenvalue weighted by molar-refractivity contribution is 5.77. The summed E-state index contributed by atoms with van der Waals surface area (Å²) in [7, 11) is 0. The lowest BCUT2D eigenvalue weighted by Crippen LogP contribution is -3.12. The number of carbonyl (C=O) groups is 1. The Labute approximate surface area is 161 Å². The molecule has 1 fully saturated rings. The van der Waals surface area contributed by atoms with Crippen LogP contribution in [0.4, 0.5) is 0 Å². The normalized spacial score (nSPS) is 14.7. The highest BCUT2D eigenvalue weighted by Crippen LogP contribution is 2.16. The van der Waals surface area contributed by atoms with E-state index in [9.17, 15) is 4.79 Å². The fourth-order valence-electron chi connectivity index (χ4n) is 3.42. The van der Waals surface area contributed by atoms with Crippen molar-refractivity contribution in [3.63, 3.8) is 0 Å². The lowest BCUT2D eigenvalue weighted by molar-refractivity contribution is -0.921. The maximum atomic E-state index is 12.2. The molecule has 0 aromatic heterocycles. The van der Waals surface area contributed by atoms with Gasteiger partial charge in [0.05, 0.1) is 13.2 Å². The molecule has 1 aliphatic rings. The van der Waals surface area contributed by atoms with Gasteiger partial charge >= 0.3 is 0 Å². The van der Waals surface area contributed by atoms with Crippen molar-refractivity contribution in [1.29, 1.82) is 0 Å². The van der Waals surface area contributed by atoms with Crippen LogP contribution in [-0.2, 0) is 22.6 Å². The van der Waals surface area contributed by atoms with Crippen LogP contribution in [0, 0.1) is 13.8 Å². The average molecular weight is 369 g/mol. The van der Waals surface area contributed by atoms with Crippen LogP contribution in [0.25, 0.3) is 0 Å².